The van der Waals surface area contributed by atoms with Crippen LogP contribution in [0.15, 0.2) is 12.2 Å². The predicted octanol–water partition coefficient (Wildman–Crippen LogP) is 6.02. The Morgan fingerprint density at radius 2 is 1.46 bits per heavy atom. The summed E-state index contributed by atoms with van der Waals surface area (Å²) in [6.07, 6.45) is 19.1. The van der Waals surface area contributed by atoms with Gasteiger partial charge in [-0.1, -0.05) is 104 Å². The maximum atomic E-state index is 12.5. The largest absolute Gasteiger partial charge is 0.463 e. The van der Waals surface area contributed by atoms with Crippen molar-refractivity contribution in [2.45, 2.75) is 130 Å². The van der Waals surface area contributed by atoms with Crippen LogP contribution in [0.3, 0.4) is 0 Å². The van der Waals surface area contributed by atoms with Crippen molar-refractivity contribution in [1.29, 1.82) is 0 Å². The average Bonchev–Trinajstić information content (AvgIpc) is 2.78. The van der Waals surface area contributed by atoms with Crippen molar-refractivity contribution in [3.05, 3.63) is 12.2 Å². The summed E-state index contributed by atoms with van der Waals surface area (Å²) in [6, 6.07) is -0.659. The Bertz CT molecular complexity index is 570. The molecule has 0 aromatic rings. The zero-order valence-electron chi connectivity index (χ0n) is 23.7. The Morgan fingerprint density at radius 3 is 1.97 bits per heavy atom. The lowest BCUT2D eigenvalue weighted by atomic mass is 9.95. The van der Waals surface area contributed by atoms with Gasteiger partial charge in [0.2, 0.25) is 5.91 Å². The van der Waals surface area contributed by atoms with Crippen LogP contribution >= 0.6 is 0 Å². The van der Waals surface area contributed by atoms with E-state index in [9.17, 15) is 14.7 Å². The number of ether oxygens (including phenoxy) is 1. The second-order valence-corrected chi connectivity index (χ2v) is 11.2. The zero-order valence-corrected chi connectivity index (χ0v) is 23.7. The molecule has 0 aliphatic rings. The van der Waals surface area contributed by atoms with Crippen LogP contribution in [0.1, 0.15) is 118 Å². The Balaban J connectivity index is 4.31. The summed E-state index contributed by atoms with van der Waals surface area (Å²) in [4.78, 5) is 26.6. The van der Waals surface area contributed by atoms with E-state index in [1.54, 1.807) is 6.08 Å². The first-order chi connectivity index (χ1) is 16.6. The minimum absolute atomic E-state index is 0.0352. The molecule has 0 unspecified atom stereocenters. The molecule has 6 nitrogen and oxygen atoms in total. The van der Waals surface area contributed by atoms with E-state index in [0.29, 0.717) is 12.8 Å². The molecule has 1 amide bonds. The first kappa shape index (κ1) is 33.6. The van der Waals surface area contributed by atoms with Gasteiger partial charge >= 0.3 is 5.97 Å². The Morgan fingerprint density at radius 1 is 0.914 bits per heavy atom. The van der Waals surface area contributed by atoms with Gasteiger partial charge in [-0.15, -0.1) is 0 Å². The summed E-state index contributed by atoms with van der Waals surface area (Å²) in [5, 5.41) is 13.5. The SMILES string of the molecule is CCCCCCCCCCCCC/C=C/[C@@H](O)[C@H](COC(=O)CCCN(C)C)NC(=O)C(C)(C)C. The quantitative estimate of drug-likeness (QED) is 0.115. The number of nitrogens with one attached hydrogen (secondary N) is 1. The van der Waals surface area contributed by atoms with Crippen LogP contribution in [0.4, 0.5) is 0 Å². The molecule has 0 aromatic heterocycles. The lowest BCUT2D eigenvalue weighted by Gasteiger charge is -2.26. The molecule has 0 rings (SSSR count). The molecule has 0 bridgehead atoms. The molecule has 0 fully saturated rings. The number of allylic oxidation sites excluding steroid dienone is 1. The third-order valence-corrected chi connectivity index (χ3v) is 6.13. The van der Waals surface area contributed by atoms with Gasteiger partial charge in [-0.05, 0) is 39.9 Å². The fraction of sp³-hybridized carbons (Fsp3) is 0.862. The highest BCUT2D eigenvalue weighted by Crippen LogP contribution is 2.15. The average molecular weight is 497 g/mol. The first-order valence-electron chi connectivity index (χ1n) is 14.0. The highest BCUT2D eigenvalue weighted by molar-refractivity contribution is 5.81. The maximum absolute atomic E-state index is 12.5. The smallest absolute Gasteiger partial charge is 0.305 e. The lowest BCUT2D eigenvalue weighted by molar-refractivity contribution is -0.146. The highest BCUT2D eigenvalue weighted by Gasteiger charge is 2.27. The second-order valence-electron chi connectivity index (χ2n) is 11.2. The van der Waals surface area contributed by atoms with Gasteiger partial charge in [-0.3, -0.25) is 9.59 Å². The molecular weight excluding hydrogens is 440 g/mol. The van der Waals surface area contributed by atoms with Crippen LogP contribution in [-0.4, -0.2) is 61.3 Å². The third-order valence-electron chi connectivity index (χ3n) is 6.13. The fourth-order valence-corrected chi connectivity index (χ4v) is 3.70. The monoisotopic (exact) mass is 496 g/mol. The predicted molar refractivity (Wildman–Crippen MR) is 146 cm³/mol. The van der Waals surface area contributed by atoms with Crippen molar-refractivity contribution in [2.75, 3.05) is 27.2 Å². The third kappa shape index (κ3) is 20.5. The van der Waals surface area contributed by atoms with Crippen LogP contribution in [-0.2, 0) is 14.3 Å². The summed E-state index contributed by atoms with van der Waals surface area (Å²) < 4.78 is 5.37. The van der Waals surface area contributed by atoms with E-state index < -0.39 is 17.6 Å². The van der Waals surface area contributed by atoms with Crippen molar-refractivity contribution in [3.63, 3.8) is 0 Å². The van der Waals surface area contributed by atoms with E-state index in [1.807, 2.05) is 45.8 Å². The standard InChI is InChI=1S/C29H56N2O4/c1-7-8-9-10-11-12-13-14-15-16-17-18-19-21-26(32)25(30-28(34)29(2,3)4)24-35-27(33)22-20-23-31(5)6/h19,21,25-26,32H,7-18,20,22-24H2,1-6H3,(H,30,34)/b21-19+/t25-,26+/m0/s1. The normalized spacial score (nSPS) is 13.8. The van der Waals surface area contributed by atoms with Crippen LogP contribution < -0.4 is 5.32 Å². The van der Waals surface area contributed by atoms with Crippen LogP contribution in [0.25, 0.3) is 0 Å². The molecule has 6 heteroatoms. The van der Waals surface area contributed by atoms with E-state index >= 15 is 0 Å². The number of hydrogen-bond acceptors (Lipinski definition) is 5. The molecule has 0 spiro atoms. The Labute approximate surface area is 216 Å². The lowest BCUT2D eigenvalue weighted by Crippen LogP contribution is -2.49. The van der Waals surface area contributed by atoms with Crippen molar-refractivity contribution in [3.8, 4) is 0 Å². The number of carbonyl (C=O) groups excluding carboxylic acids is 2. The number of amides is 1. The van der Waals surface area contributed by atoms with Gasteiger partial charge in [0.1, 0.15) is 6.61 Å². The minimum atomic E-state index is -0.899. The Kier molecular flexibility index (Phi) is 19.9. The molecule has 0 saturated carbocycles. The molecule has 2 N–H and O–H groups in total. The van der Waals surface area contributed by atoms with Gasteiger partial charge < -0.3 is 20.1 Å². The number of esters is 1. The molecule has 0 aliphatic carbocycles. The molecule has 35 heavy (non-hydrogen) atoms. The second kappa shape index (κ2) is 20.8. The number of unbranched alkanes of at least 4 members (excludes halogenated alkanes) is 11. The fourth-order valence-electron chi connectivity index (χ4n) is 3.70. The summed E-state index contributed by atoms with van der Waals surface area (Å²) in [7, 11) is 3.92. The van der Waals surface area contributed by atoms with Gasteiger partial charge in [-0.25, -0.2) is 0 Å². The Hall–Kier alpha value is -1.40. The molecule has 0 radical (unpaired) electrons. The van der Waals surface area contributed by atoms with Crippen LogP contribution in [0.5, 0.6) is 0 Å². The number of aliphatic hydroxyl groups is 1. The molecule has 0 aliphatic heterocycles. The van der Waals surface area contributed by atoms with Gasteiger partial charge in [0.15, 0.2) is 0 Å². The van der Waals surface area contributed by atoms with Crippen molar-refractivity contribution in [1.82, 2.24) is 10.2 Å². The summed E-state index contributed by atoms with van der Waals surface area (Å²) in [5.41, 5.74) is -0.590. The van der Waals surface area contributed by atoms with Crippen molar-refractivity contribution in [2.24, 2.45) is 5.41 Å². The molecule has 2 atom stereocenters. The van der Waals surface area contributed by atoms with Crippen molar-refractivity contribution >= 4 is 11.9 Å². The van der Waals surface area contributed by atoms with Gasteiger partial charge in [0.05, 0.1) is 12.1 Å². The van der Waals surface area contributed by atoms with E-state index in [-0.39, 0.29) is 18.5 Å². The number of rotatable bonds is 21. The van der Waals surface area contributed by atoms with Crippen LogP contribution in [0, 0.1) is 5.41 Å². The van der Waals surface area contributed by atoms with Gasteiger partial charge in [0.25, 0.3) is 0 Å². The summed E-state index contributed by atoms with van der Waals surface area (Å²) >= 11 is 0. The number of aliphatic hydroxyl groups excluding tert-OH is 1. The zero-order chi connectivity index (χ0) is 26.5. The topological polar surface area (TPSA) is 78.9 Å². The van der Waals surface area contributed by atoms with Crippen molar-refractivity contribution < 1.29 is 19.4 Å². The number of nitrogens with zero attached hydrogens (tertiary/aromatic N) is 1. The molecule has 0 saturated heterocycles. The summed E-state index contributed by atoms with van der Waals surface area (Å²) in [5.74, 6) is -0.483. The number of carbonyl (C=O) groups is 2. The minimum Gasteiger partial charge on any atom is -0.463 e. The van der Waals surface area contributed by atoms with E-state index in [0.717, 1.165) is 19.4 Å². The van der Waals surface area contributed by atoms with Gasteiger partial charge in [-0.2, -0.15) is 0 Å². The van der Waals surface area contributed by atoms with Crippen LogP contribution in [0.2, 0.25) is 0 Å². The molecular formula is C29H56N2O4. The van der Waals surface area contributed by atoms with E-state index in [2.05, 4.69) is 12.2 Å². The van der Waals surface area contributed by atoms with E-state index in [1.165, 1.54) is 64.2 Å². The summed E-state index contributed by atoms with van der Waals surface area (Å²) in [6.45, 7) is 8.49. The van der Waals surface area contributed by atoms with E-state index in [4.69, 9.17) is 4.74 Å². The number of hydrogen-bond donors (Lipinski definition) is 2. The molecule has 0 aromatic carbocycles. The maximum Gasteiger partial charge on any atom is 0.305 e. The highest BCUT2D eigenvalue weighted by atomic mass is 16.5. The first-order valence-corrected chi connectivity index (χ1v) is 14.0. The molecule has 206 valence electrons. The van der Waals surface area contributed by atoms with Gasteiger partial charge in [0, 0.05) is 11.8 Å². The molecule has 0 heterocycles.